The van der Waals surface area contributed by atoms with E-state index < -0.39 is 32.5 Å². The lowest BCUT2D eigenvalue weighted by Crippen LogP contribution is -2.43. The van der Waals surface area contributed by atoms with Crippen LogP contribution in [-0.4, -0.2) is 37.5 Å². The number of aliphatic hydroxyl groups is 1. The van der Waals surface area contributed by atoms with E-state index in [2.05, 4.69) is 0 Å². The summed E-state index contributed by atoms with van der Waals surface area (Å²) in [5.41, 5.74) is -1.10. The highest BCUT2D eigenvalue weighted by molar-refractivity contribution is 5.33. The van der Waals surface area contributed by atoms with Gasteiger partial charge in [0.2, 0.25) is 0 Å². The monoisotopic (exact) mass is 272 g/mol. The molecule has 1 aromatic carbocycles. The Morgan fingerprint density at radius 2 is 2.37 bits per heavy atom. The van der Waals surface area contributed by atoms with E-state index in [4.69, 9.17) is 17.1 Å². The van der Waals surface area contributed by atoms with Gasteiger partial charge in [0.15, 0.2) is 0 Å². The van der Waals surface area contributed by atoms with E-state index in [1.54, 1.807) is 12.1 Å². The first-order valence-corrected chi connectivity index (χ1v) is 6.43. The third kappa shape index (κ3) is 3.10. The zero-order valence-electron chi connectivity index (χ0n) is 19.7. The summed E-state index contributed by atoms with van der Waals surface area (Å²) in [7, 11) is -2.65. The van der Waals surface area contributed by atoms with Gasteiger partial charge in [-0.3, -0.25) is 0 Å². The molecule has 0 aromatic heterocycles. The molecule has 1 aromatic rings. The quantitative estimate of drug-likeness (QED) is 0.914. The standard InChI is InChI=1S/C16H25NO2/c1-17(2)12-14-7-4-5-10-16(14,18)13-8-6-9-15(11-13)19-3/h6,8-9,11,14,18H,4-5,7,10,12H2,1-3H3/t14-,16+/m1/s1/i1D3,2D3,3D3. The van der Waals surface area contributed by atoms with Crippen molar-refractivity contribution in [2.24, 2.45) is 5.92 Å². The molecule has 1 aliphatic carbocycles. The molecule has 2 rings (SSSR count). The van der Waals surface area contributed by atoms with Gasteiger partial charge in [-0.25, -0.2) is 0 Å². The van der Waals surface area contributed by atoms with E-state index in [0.29, 0.717) is 29.7 Å². The van der Waals surface area contributed by atoms with Crippen LogP contribution in [0.25, 0.3) is 0 Å². The van der Waals surface area contributed by atoms with Crippen LogP contribution in [0.15, 0.2) is 24.3 Å². The second-order valence-electron chi connectivity index (χ2n) is 5.11. The highest BCUT2D eigenvalue weighted by Crippen LogP contribution is 2.42. The Morgan fingerprint density at radius 1 is 1.47 bits per heavy atom. The Labute approximate surface area is 128 Å². The minimum absolute atomic E-state index is 0.0544. The zero-order chi connectivity index (χ0) is 21.4. The number of nitrogens with zero attached hydrogens (tertiary/aromatic N) is 1. The largest absolute Gasteiger partial charge is 0.497 e. The topological polar surface area (TPSA) is 32.7 Å². The van der Waals surface area contributed by atoms with E-state index in [9.17, 15) is 5.11 Å². The van der Waals surface area contributed by atoms with Crippen molar-refractivity contribution in [2.75, 3.05) is 27.5 Å². The SMILES string of the molecule is [2H]C([2H])([2H])Oc1cccc([C@@]2(O)CCCC[C@@H]2CN(C([2H])([2H])[2H])C([2H])([2H])[2H])c1. The molecule has 3 heteroatoms. The molecule has 0 aliphatic heterocycles. The lowest BCUT2D eigenvalue weighted by molar-refractivity contribution is -0.0619. The molecule has 0 heterocycles. The van der Waals surface area contributed by atoms with E-state index >= 15 is 0 Å². The van der Waals surface area contributed by atoms with Crippen LogP contribution < -0.4 is 4.74 Å². The summed E-state index contributed by atoms with van der Waals surface area (Å²) in [5.74, 6) is -0.594. The lowest BCUT2D eigenvalue weighted by Gasteiger charge is -2.41. The Balaban J connectivity index is 2.36. The van der Waals surface area contributed by atoms with Crippen molar-refractivity contribution in [3.63, 3.8) is 0 Å². The molecule has 0 bridgehead atoms. The van der Waals surface area contributed by atoms with Crippen LogP contribution in [-0.2, 0) is 5.60 Å². The molecule has 0 amide bonds. The van der Waals surface area contributed by atoms with E-state index in [1.807, 2.05) is 0 Å². The second kappa shape index (κ2) is 5.93. The maximum absolute atomic E-state index is 11.4. The summed E-state index contributed by atoms with van der Waals surface area (Å²) < 4.78 is 71.9. The first-order chi connectivity index (χ1) is 12.6. The third-order valence-corrected chi connectivity index (χ3v) is 3.89. The molecule has 3 nitrogen and oxygen atoms in total. The number of ether oxygens (including phenoxy) is 1. The van der Waals surface area contributed by atoms with Gasteiger partial charge in [-0.2, -0.15) is 0 Å². The van der Waals surface area contributed by atoms with Gasteiger partial charge >= 0.3 is 0 Å². The van der Waals surface area contributed by atoms with Crippen molar-refractivity contribution in [2.45, 2.75) is 31.3 Å². The summed E-state index contributed by atoms with van der Waals surface area (Å²) in [6.07, 6.45) is 2.17. The molecule has 0 unspecified atom stereocenters. The van der Waals surface area contributed by atoms with Crippen LogP contribution in [0.5, 0.6) is 5.75 Å². The first kappa shape index (κ1) is 6.59. The Morgan fingerprint density at radius 3 is 3.16 bits per heavy atom. The molecule has 2 atom stereocenters. The van der Waals surface area contributed by atoms with Gasteiger partial charge in [0.05, 0.1) is 16.8 Å². The summed E-state index contributed by atoms with van der Waals surface area (Å²) in [6, 6.07) is 6.03. The van der Waals surface area contributed by atoms with E-state index in [0.717, 1.165) is 6.42 Å². The number of rotatable bonds is 4. The summed E-state index contributed by atoms with van der Waals surface area (Å²) in [4.78, 5) is 0.462. The highest BCUT2D eigenvalue weighted by atomic mass is 16.5. The van der Waals surface area contributed by atoms with Gasteiger partial charge in [-0.1, -0.05) is 25.0 Å². The molecule has 1 N–H and O–H groups in total. The fourth-order valence-electron chi connectivity index (χ4n) is 2.90. The molecule has 1 saturated carbocycles. The minimum Gasteiger partial charge on any atom is -0.497 e. The maximum atomic E-state index is 11.4. The molecule has 1 fully saturated rings. The van der Waals surface area contributed by atoms with Crippen LogP contribution in [0.3, 0.4) is 0 Å². The van der Waals surface area contributed by atoms with Crippen molar-refractivity contribution >= 4 is 0 Å². The number of hydrogen-bond donors (Lipinski definition) is 1. The average molecular weight is 272 g/mol. The van der Waals surface area contributed by atoms with Gasteiger partial charge in [-0.15, -0.1) is 0 Å². The molecular formula is C16H25NO2. The second-order valence-corrected chi connectivity index (χ2v) is 5.11. The van der Waals surface area contributed by atoms with Crippen LogP contribution in [0.2, 0.25) is 0 Å². The molecule has 0 radical (unpaired) electrons. The zero-order valence-corrected chi connectivity index (χ0v) is 10.7. The number of methoxy groups -OCH3 is 1. The summed E-state index contributed by atoms with van der Waals surface area (Å²) >= 11 is 0. The van der Waals surface area contributed by atoms with Crippen LogP contribution in [0, 0.1) is 5.92 Å². The minimum atomic E-state index is -2.84. The maximum Gasteiger partial charge on any atom is 0.119 e. The van der Waals surface area contributed by atoms with Gasteiger partial charge in [-0.05, 0) is 44.5 Å². The molecule has 1 aliphatic rings. The van der Waals surface area contributed by atoms with Crippen molar-refractivity contribution in [1.29, 1.82) is 0 Å². The number of hydrogen-bond acceptors (Lipinski definition) is 3. The van der Waals surface area contributed by atoms with Gasteiger partial charge < -0.3 is 14.7 Å². The van der Waals surface area contributed by atoms with E-state index in [1.165, 1.54) is 12.1 Å². The summed E-state index contributed by atoms with van der Waals surface area (Å²) in [5, 5.41) is 11.4. The Hall–Kier alpha value is -1.06. The lowest BCUT2D eigenvalue weighted by atomic mass is 9.71. The molecule has 19 heavy (non-hydrogen) atoms. The predicted molar refractivity (Wildman–Crippen MR) is 77.4 cm³/mol. The van der Waals surface area contributed by atoms with Gasteiger partial charge in [0, 0.05) is 20.7 Å². The van der Waals surface area contributed by atoms with Crippen LogP contribution in [0.4, 0.5) is 0 Å². The molecule has 106 valence electrons. The molecule has 0 saturated heterocycles. The third-order valence-electron chi connectivity index (χ3n) is 3.89. The Kier molecular flexibility index (Phi) is 2.06. The summed E-state index contributed by atoms with van der Waals surface area (Å²) in [6.45, 7) is -6.01. The normalized spacial score (nSPS) is 36.5. The fraction of sp³-hybridized carbons (Fsp3) is 0.625. The average Bonchev–Trinajstić information content (AvgIpc) is 2.50. The smallest absolute Gasteiger partial charge is 0.119 e. The van der Waals surface area contributed by atoms with Crippen LogP contribution >= 0.6 is 0 Å². The molecular weight excluding hydrogens is 238 g/mol. The van der Waals surface area contributed by atoms with Crippen molar-refractivity contribution in [3.8, 4) is 5.75 Å². The van der Waals surface area contributed by atoms with E-state index in [-0.39, 0.29) is 12.3 Å². The highest BCUT2D eigenvalue weighted by Gasteiger charge is 2.40. The van der Waals surface area contributed by atoms with Crippen molar-refractivity contribution in [3.05, 3.63) is 29.8 Å². The van der Waals surface area contributed by atoms with Gasteiger partial charge in [0.1, 0.15) is 5.75 Å². The number of benzene rings is 1. The van der Waals surface area contributed by atoms with Crippen molar-refractivity contribution < 1.29 is 22.2 Å². The van der Waals surface area contributed by atoms with Crippen molar-refractivity contribution in [1.82, 2.24) is 4.90 Å². The van der Waals surface area contributed by atoms with Crippen LogP contribution in [0.1, 0.15) is 43.6 Å². The fourth-order valence-corrected chi connectivity index (χ4v) is 2.90. The molecule has 0 spiro atoms. The predicted octanol–water partition coefficient (Wildman–Crippen LogP) is 2.63. The Bertz CT molecular complexity index is 657. The first-order valence-electron chi connectivity index (χ1n) is 10.9. The van der Waals surface area contributed by atoms with Gasteiger partial charge in [0.25, 0.3) is 0 Å².